The summed E-state index contributed by atoms with van der Waals surface area (Å²) in [5, 5.41) is 1.24. The third-order valence-corrected chi connectivity index (χ3v) is 3.60. The molecular weight excluding hydrogens is 262 g/mol. The zero-order chi connectivity index (χ0) is 11.7. The predicted octanol–water partition coefficient (Wildman–Crippen LogP) is 4.68. The van der Waals surface area contributed by atoms with E-state index >= 15 is 0 Å². The molecule has 0 saturated heterocycles. The second-order valence-corrected chi connectivity index (χ2v) is 5.15. The van der Waals surface area contributed by atoms with E-state index in [1.807, 2.05) is 0 Å². The fourth-order valence-electron chi connectivity index (χ4n) is 1.82. The Hall–Kier alpha value is -0.890. The molecule has 0 saturated carbocycles. The number of aryl methyl sites for hydroxylation is 1. The summed E-state index contributed by atoms with van der Waals surface area (Å²) in [6.07, 6.45) is 1.01. The quantitative estimate of drug-likeness (QED) is 0.727. The first kappa shape index (κ1) is 11.6. The molecule has 84 valence electrons. The molecule has 0 aliphatic rings. The zero-order valence-electron chi connectivity index (χ0n) is 9.92. The van der Waals surface area contributed by atoms with Crippen molar-refractivity contribution in [3.63, 3.8) is 0 Å². The molecule has 0 spiro atoms. The van der Waals surface area contributed by atoms with Gasteiger partial charge in [0.05, 0.1) is 5.52 Å². The van der Waals surface area contributed by atoms with Crippen LogP contribution in [-0.4, -0.2) is 4.98 Å². The highest BCUT2D eigenvalue weighted by atomic mass is 79.9. The Morgan fingerprint density at radius 3 is 2.62 bits per heavy atom. The molecule has 2 rings (SSSR count). The van der Waals surface area contributed by atoms with Gasteiger partial charge >= 0.3 is 0 Å². The molecule has 1 heterocycles. The smallest absolute Gasteiger partial charge is 0.110 e. The average Bonchev–Trinajstić information content (AvgIpc) is 2.27. The van der Waals surface area contributed by atoms with Crippen LogP contribution < -0.4 is 0 Å². The lowest BCUT2D eigenvalue weighted by atomic mass is 10.0. The second kappa shape index (κ2) is 4.54. The van der Waals surface area contributed by atoms with Crippen LogP contribution >= 0.6 is 15.9 Å². The lowest BCUT2D eigenvalue weighted by Gasteiger charge is -2.08. The molecule has 1 aromatic heterocycles. The number of hydrogen-bond donors (Lipinski definition) is 0. The Balaban J connectivity index is 2.63. The first-order valence-electron chi connectivity index (χ1n) is 5.71. The fourth-order valence-corrected chi connectivity index (χ4v) is 2.41. The standard InChI is InChI=1S/C14H16BrN/c1-4-10-7-12-8-11(9(2)3)5-6-13(12)16-14(10)15/h5-9H,4H2,1-3H3. The van der Waals surface area contributed by atoms with Gasteiger partial charge in [-0.05, 0) is 57.6 Å². The van der Waals surface area contributed by atoms with Crippen molar-refractivity contribution in [2.24, 2.45) is 0 Å². The monoisotopic (exact) mass is 277 g/mol. The molecule has 2 aromatic rings. The van der Waals surface area contributed by atoms with E-state index in [4.69, 9.17) is 0 Å². The van der Waals surface area contributed by atoms with Crippen LogP contribution in [0.25, 0.3) is 10.9 Å². The number of pyridine rings is 1. The first-order chi connectivity index (χ1) is 7.61. The Kier molecular flexibility index (Phi) is 3.29. The first-order valence-corrected chi connectivity index (χ1v) is 6.50. The number of hydrogen-bond acceptors (Lipinski definition) is 1. The third-order valence-electron chi connectivity index (χ3n) is 2.91. The molecule has 0 amide bonds. The van der Waals surface area contributed by atoms with E-state index in [0.717, 1.165) is 16.5 Å². The Morgan fingerprint density at radius 1 is 1.25 bits per heavy atom. The highest BCUT2D eigenvalue weighted by molar-refractivity contribution is 9.10. The van der Waals surface area contributed by atoms with Gasteiger partial charge in [0.25, 0.3) is 0 Å². The van der Waals surface area contributed by atoms with Gasteiger partial charge in [0.1, 0.15) is 4.60 Å². The van der Waals surface area contributed by atoms with E-state index in [1.165, 1.54) is 16.5 Å². The van der Waals surface area contributed by atoms with Crippen LogP contribution in [0.5, 0.6) is 0 Å². The minimum Gasteiger partial charge on any atom is -0.241 e. The summed E-state index contributed by atoms with van der Waals surface area (Å²) in [7, 11) is 0. The maximum atomic E-state index is 4.56. The molecule has 1 aromatic carbocycles. The molecule has 0 atom stereocenters. The highest BCUT2D eigenvalue weighted by Gasteiger charge is 2.05. The zero-order valence-corrected chi connectivity index (χ0v) is 11.5. The second-order valence-electron chi connectivity index (χ2n) is 4.40. The minimum absolute atomic E-state index is 0.568. The van der Waals surface area contributed by atoms with E-state index in [1.54, 1.807) is 0 Å². The van der Waals surface area contributed by atoms with Crippen molar-refractivity contribution >= 4 is 26.8 Å². The van der Waals surface area contributed by atoms with Crippen molar-refractivity contribution in [1.29, 1.82) is 0 Å². The summed E-state index contributed by atoms with van der Waals surface area (Å²) in [6.45, 7) is 6.59. The predicted molar refractivity (Wildman–Crippen MR) is 72.9 cm³/mol. The van der Waals surface area contributed by atoms with Crippen molar-refractivity contribution in [1.82, 2.24) is 4.98 Å². The lowest BCUT2D eigenvalue weighted by molar-refractivity contribution is 0.868. The molecule has 0 radical (unpaired) electrons. The number of nitrogens with zero attached hydrogens (tertiary/aromatic N) is 1. The summed E-state index contributed by atoms with van der Waals surface area (Å²) < 4.78 is 0.972. The molecule has 0 N–H and O–H groups in total. The van der Waals surface area contributed by atoms with Crippen molar-refractivity contribution in [3.05, 3.63) is 40.0 Å². The van der Waals surface area contributed by atoms with Gasteiger partial charge in [0, 0.05) is 5.39 Å². The summed E-state index contributed by atoms with van der Waals surface area (Å²) in [4.78, 5) is 4.56. The van der Waals surface area contributed by atoms with Gasteiger partial charge in [0.2, 0.25) is 0 Å². The molecule has 0 aliphatic carbocycles. The van der Waals surface area contributed by atoms with E-state index in [0.29, 0.717) is 5.92 Å². The van der Waals surface area contributed by atoms with Crippen LogP contribution in [0.15, 0.2) is 28.9 Å². The van der Waals surface area contributed by atoms with E-state index in [9.17, 15) is 0 Å². The van der Waals surface area contributed by atoms with Gasteiger partial charge in [-0.1, -0.05) is 26.8 Å². The van der Waals surface area contributed by atoms with Crippen LogP contribution in [0, 0.1) is 0 Å². The number of aromatic nitrogens is 1. The Bertz CT molecular complexity index is 517. The minimum atomic E-state index is 0.568. The Labute approximate surface area is 105 Å². The van der Waals surface area contributed by atoms with Gasteiger partial charge < -0.3 is 0 Å². The summed E-state index contributed by atoms with van der Waals surface area (Å²) in [5.74, 6) is 0.568. The molecule has 0 bridgehead atoms. The van der Waals surface area contributed by atoms with Gasteiger partial charge in [-0.15, -0.1) is 0 Å². The fraction of sp³-hybridized carbons (Fsp3) is 0.357. The van der Waals surface area contributed by atoms with E-state index in [2.05, 4.69) is 66.0 Å². The summed E-state index contributed by atoms with van der Waals surface area (Å²) in [6, 6.07) is 8.75. The van der Waals surface area contributed by atoms with E-state index < -0.39 is 0 Å². The highest BCUT2D eigenvalue weighted by Crippen LogP contribution is 2.24. The Morgan fingerprint density at radius 2 is 2.00 bits per heavy atom. The largest absolute Gasteiger partial charge is 0.241 e. The van der Waals surface area contributed by atoms with Crippen molar-refractivity contribution in [2.45, 2.75) is 33.1 Å². The van der Waals surface area contributed by atoms with Crippen molar-refractivity contribution in [2.75, 3.05) is 0 Å². The van der Waals surface area contributed by atoms with Crippen LogP contribution in [0.1, 0.15) is 37.8 Å². The summed E-state index contributed by atoms with van der Waals surface area (Å²) >= 11 is 3.51. The van der Waals surface area contributed by atoms with Crippen LogP contribution in [0.2, 0.25) is 0 Å². The van der Waals surface area contributed by atoms with Crippen LogP contribution in [-0.2, 0) is 6.42 Å². The molecule has 0 aliphatic heterocycles. The molecule has 16 heavy (non-hydrogen) atoms. The molecule has 1 nitrogen and oxygen atoms in total. The molecule has 0 unspecified atom stereocenters. The SMILES string of the molecule is CCc1cc2cc(C(C)C)ccc2nc1Br. The van der Waals surface area contributed by atoms with Crippen LogP contribution in [0.3, 0.4) is 0 Å². The molecule has 0 fully saturated rings. The van der Waals surface area contributed by atoms with Gasteiger partial charge in [-0.2, -0.15) is 0 Å². The summed E-state index contributed by atoms with van der Waals surface area (Å²) in [5.41, 5.74) is 3.71. The average molecular weight is 278 g/mol. The normalized spacial score (nSPS) is 11.3. The van der Waals surface area contributed by atoms with Crippen molar-refractivity contribution < 1.29 is 0 Å². The number of rotatable bonds is 2. The maximum Gasteiger partial charge on any atom is 0.110 e. The topological polar surface area (TPSA) is 12.9 Å². The maximum absolute atomic E-state index is 4.56. The van der Waals surface area contributed by atoms with Gasteiger partial charge in [-0.25, -0.2) is 4.98 Å². The number of halogens is 1. The van der Waals surface area contributed by atoms with E-state index in [-0.39, 0.29) is 0 Å². The molecule has 2 heteroatoms. The lowest BCUT2D eigenvalue weighted by Crippen LogP contribution is -1.91. The molecular formula is C14H16BrN. The number of benzene rings is 1. The van der Waals surface area contributed by atoms with Crippen molar-refractivity contribution in [3.8, 4) is 0 Å². The van der Waals surface area contributed by atoms with Crippen LogP contribution in [0.4, 0.5) is 0 Å². The third kappa shape index (κ3) is 2.12. The van der Waals surface area contributed by atoms with Gasteiger partial charge in [0.15, 0.2) is 0 Å². The van der Waals surface area contributed by atoms with Gasteiger partial charge in [-0.3, -0.25) is 0 Å². The number of fused-ring (bicyclic) bond motifs is 1.